The predicted octanol–water partition coefficient (Wildman–Crippen LogP) is 4.64. The van der Waals surface area contributed by atoms with E-state index in [-0.39, 0.29) is 5.91 Å². The fourth-order valence-corrected chi connectivity index (χ4v) is 2.50. The van der Waals surface area contributed by atoms with Gasteiger partial charge in [-0.3, -0.25) is 10.1 Å². The standard InChI is InChI=1S/C19H22N2OS/c1-4-14(3)16-7-5-6-8-17(16)20-19(23)21-18(22)15-11-9-13(2)10-12-15/h5-12,14H,4H2,1-3H3,(H2,20,21,22,23). The van der Waals surface area contributed by atoms with Gasteiger partial charge in [0.25, 0.3) is 5.91 Å². The Bertz CT molecular complexity index is 695. The van der Waals surface area contributed by atoms with Crippen molar-refractivity contribution < 1.29 is 4.79 Å². The Hall–Kier alpha value is -2.20. The number of hydrogen-bond donors (Lipinski definition) is 2. The lowest BCUT2D eigenvalue weighted by atomic mass is 9.97. The molecule has 2 aromatic carbocycles. The van der Waals surface area contributed by atoms with Gasteiger partial charge in [-0.25, -0.2) is 0 Å². The summed E-state index contributed by atoms with van der Waals surface area (Å²) >= 11 is 5.28. The van der Waals surface area contributed by atoms with Crippen LogP contribution in [0.15, 0.2) is 48.5 Å². The molecule has 0 bridgehead atoms. The van der Waals surface area contributed by atoms with E-state index < -0.39 is 0 Å². The van der Waals surface area contributed by atoms with Crippen LogP contribution in [-0.4, -0.2) is 11.0 Å². The first-order valence-corrected chi connectivity index (χ1v) is 8.20. The van der Waals surface area contributed by atoms with E-state index in [0.717, 1.165) is 17.7 Å². The van der Waals surface area contributed by atoms with E-state index in [1.807, 2.05) is 37.3 Å². The fourth-order valence-electron chi connectivity index (χ4n) is 2.29. The van der Waals surface area contributed by atoms with Crippen LogP contribution < -0.4 is 10.6 Å². The van der Waals surface area contributed by atoms with E-state index in [0.29, 0.717) is 16.6 Å². The molecule has 0 aliphatic rings. The Morgan fingerprint density at radius 3 is 2.43 bits per heavy atom. The number of para-hydroxylation sites is 1. The van der Waals surface area contributed by atoms with Crippen LogP contribution in [0.5, 0.6) is 0 Å². The third-order valence-electron chi connectivity index (χ3n) is 3.89. The van der Waals surface area contributed by atoms with Gasteiger partial charge in [-0.2, -0.15) is 0 Å². The first kappa shape index (κ1) is 17.2. The van der Waals surface area contributed by atoms with Crippen LogP contribution in [0.2, 0.25) is 0 Å². The minimum Gasteiger partial charge on any atom is -0.332 e. The van der Waals surface area contributed by atoms with Crippen LogP contribution in [0, 0.1) is 6.92 Å². The summed E-state index contributed by atoms with van der Waals surface area (Å²) < 4.78 is 0. The van der Waals surface area contributed by atoms with Crippen molar-refractivity contribution in [3.8, 4) is 0 Å². The molecular formula is C19H22N2OS. The maximum atomic E-state index is 12.2. The van der Waals surface area contributed by atoms with Crippen molar-refractivity contribution >= 4 is 28.9 Å². The van der Waals surface area contributed by atoms with Crippen LogP contribution >= 0.6 is 12.2 Å². The summed E-state index contributed by atoms with van der Waals surface area (Å²) in [5.41, 5.74) is 3.85. The Labute approximate surface area is 143 Å². The molecule has 2 N–H and O–H groups in total. The van der Waals surface area contributed by atoms with E-state index in [2.05, 4.69) is 30.5 Å². The third-order valence-corrected chi connectivity index (χ3v) is 4.10. The van der Waals surface area contributed by atoms with Gasteiger partial charge in [-0.1, -0.05) is 49.7 Å². The van der Waals surface area contributed by atoms with Crippen molar-refractivity contribution in [3.63, 3.8) is 0 Å². The Kier molecular flexibility index (Phi) is 5.88. The summed E-state index contributed by atoms with van der Waals surface area (Å²) in [7, 11) is 0. The highest BCUT2D eigenvalue weighted by Gasteiger charge is 2.11. The van der Waals surface area contributed by atoms with E-state index in [9.17, 15) is 4.79 Å². The SMILES string of the molecule is CCC(C)c1ccccc1NC(=S)NC(=O)c1ccc(C)cc1. The molecule has 1 atom stereocenters. The number of thiocarbonyl (C=S) groups is 1. The molecule has 0 aromatic heterocycles. The smallest absolute Gasteiger partial charge is 0.257 e. The Morgan fingerprint density at radius 2 is 1.78 bits per heavy atom. The van der Waals surface area contributed by atoms with Gasteiger partial charge in [-0.05, 0) is 55.2 Å². The highest BCUT2D eigenvalue weighted by molar-refractivity contribution is 7.80. The van der Waals surface area contributed by atoms with Crippen LogP contribution in [-0.2, 0) is 0 Å². The van der Waals surface area contributed by atoms with Gasteiger partial charge >= 0.3 is 0 Å². The average molecular weight is 326 g/mol. The molecule has 0 aliphatic heterocycles. The number of nitrogens with one attached hydrogen (secondary N) is 2. The lowest BCUT2D eigenvalue weighted by Crippen LogP contribution is -2.34. The van der Waals surface area contributed by atoms with E-state index >= 15 is 0 Å². The van der Waals surface area contributed by atoms with Crippen LogP contribution in [0.4, 0.5) is 5.69 Å². The van der Waals surface area contributed by atoms with Crippen LogP contribution in [0.3, 0.4) is 0 Å². The van der Waals surface area contributed by atoms with Crippen molar-refractivity contribution in [1.29, 1.82) is 0 Å². The summed E-state index contributed by atoms with van der Waals surface area (Å²) in [4.78, 5) is 12.2. The summed E-state index contributed by atoms with van der Waals surface area (Å²) in [6, 6.07) is 15.4. The zero-order valence-corrected chi connectivity index (χ0v) is 14.5. The van der Waals surface area contributed by atoms with Gasteiger partial charge in [0.1, 0.15) is 0 Å². The molecule has 120 valence electrons. The molecule has 23 heavy (non-hydrogen) atoms. The number of rotatable bonds is 4. The summed E-state index contributed by atoms with van der Waals surface area (Å²) in [6.45, 7) is 6.31. The second kappa shape index (κ2) is 7.88. The highest BCUT2D eigenvalue weighted by Crippen LogP contribution is 2.26. The van der Waals surface area contributed by atoms with Crippen molar-refractivity contribution in [2.75, 3.05) is 5.32 Å². The molecule has 0 heterocycles. The Morgan fingerprint density at radius 1 is 1.13 bits per heavy atom. The average Bonchev–Trinajstić information content (AvgIpc) is 2.55. The molecule has 0 aliphatic carbocycles. The number of carbonyl (C=O) groups is 1. The molecule has 2 rings (SSSR count). The van der Waals surface area contributed by atoms with Gasteiger partial charge in [-0.15, -0.1) is 0 Å². The second-order valence-corrected chi connectivity index (χ2v) is 6.08. The Balaban J connectivity index is 2.05. The molecule has 2 aromatic rings. The molecular weight excluding hydrogens is 304 g/mol. The van der Waals surface area contributed by atoms with Crippen molar-refractivity contribution in [3.05, 3.63) is 65.2 Å². The summed E-state index contributed by atoms with van der Waals surface area (Å²) in [6.07, 6.45) is 1.04. The first-order chi connectivity index (χ1) is 11.0. The molecule has 0 spiro atoms. The molecule has 0 saturated heterocycles. The number of amides is 1. The van der Waals surface area contributed by atoms with Crippen LogP contribution in [0.25, 0.3) is 0 Å². The van der Waals surface area contributed by atoms with Gasteiger partial charge < -0.3 is 5.32 Å². The summed E-state index contributed by atoms with van der Waals surface area (Å²) in [5.74, 6) is 0.220. The van der Waals surface area contributed by atoms with Gasteiger partial charge in [0, 0.05) is 11.3 Å². The minimum absolute atomic E-state index is 0.205. The molecule has 0 fully saturated rings. The number of carbonyl (C=O) groups excluding carboxylic acids is 1. The van der Waals surface area contributed by atoms with Gasteiger partial charge in [0.2, 0.25) is 0 Å². The molecule has 0 saturated carbocycles. The van der Waals surface area contributed by atoms with E-state index in [1.165, 1.54) is 5.56 Å². The lowest BCUT2D eigenvalue weighted by molar-refractivity contribution is 0.0977. The number of hydrogen-bond acceptors (Lipinski definition) is 2. The maximum Gasteiger partial charge on any atom is 0.257 e. The second-order valence-electron chi connectivity index (χ2n) is 5.67. The van der Waals surface area contributed by atoms with E-state index in [1.54, 1.807) is 12.1 Å². The zero-order chi connectivity index (χ0) is 16.8. The van der Waals surface area contributed by atoms with Crippen molar-refractivity contribution in [1.82, 2.24) is 5.32 Å². The third kappa shape index (κ3) is 4.63. The number of aryl methyl sites for hydroxylation is 1. The van der Waals surface area contributed by atoms with Crippen LogP contribution in [0.1, 0.15) is 47.7 Å². The quantitative estimate of drug-likeness (QED) is 0.805. The van der Waals surface area contributed by atoms with Gasteiger partial charge in [0.05, 0.1) is 0 Å². The normalized spacial score (nSPS) is 11.6. The maximum absolute atomic E-state index is 12.2. The summed E-state index contributed by atoms with van der Waals surface area (Å²) in [5, 5.41) is 6.18. The molecule has 1 unspecified atom stereocenters. The molecule has 3 nitrogen and oxygen atoms in total. The molecule has 4 heteroatoms. The number of anilines is 1. The highest BCUT2D eigenvalue weighted by atomic mass is 32.1. The molecule has 0 radical (unpaired) electrons. The van der Waals surface area contributed by atoms with Gasteiger partial charge in [0.15, 0.2) is 5.11 Å². The lowest BCUT2D eigenvalue weighted by Gasteiger charge is -2.17. The fraction of sp³-hybridized carbons (Fsp3) is 0.263. The minimum atomic E-state index is -0.205. The zero-order valence-electron chi connectivity index (χ0n) is 13.7. The van der Waals surface area contributed by atoms with Crippen molar-refractivity contribution in [2.45, 2.75) is 33.1 Å². The molecule has 1 amide bonds. The number of benzene rings is 2. The monoisotopic (exact) mass is 326 g/mol. The predicted molar refractivity (Wildman–Crippen MR) is 100 cm³/mol. The van der Waals surface area contributed by atoms with E-state index in [4.69, 9.17) is 12.2 Å². The largest absolute Gasteiger partial charge is 0.332 e. The van der Waals surface area contributed by atoms with Crippen molar-refractivity contribution in [2.24, 2.45) is 0 Å². The topological polar surface area (TPSA) is 41.1 Å². The first-order valence-electron chi connectivity index (χ1n) is 7.79.